The van der Waals surface area contributed by atoms with Crippen LogP contribution in [0.1, 0.15) is 74.1 Å². The van der Waals surface area contributed by atoms with Crippen molar-refractivity contribution in [3.05, 3.63) is 36.2 Å². The summed E-state index contributed by atoms with van der Waals surface area (Å²) < 4.78 is 55.2. The number of piperidine rings is 1. The molecule has 1 fully saturated rings. The zero-order chi connectivity index (χ0) is 29.5. The molecule has 1 amide bonds. The van der Waals surface area contributed by atoms with Crippen LogP contribution >= 0.6 is 0 Å². The zero-order valence-corrected chi connectivity index (χ0v) is 25.2. The Labute approximate surface area is 232 Å². The van der Waals surface area contributed by atoms with Crippen molar-refractivity contribution in [1.82, 2.24) is 4.90 Å². The van der Waals surface area contributed by atoms with E-state index in [2.05, 4.69) is 6.92 Å². The minimum absolute atomic E-state index is 0.0277. The summed E-state index contributed by atoms with van der Waals surface area (Å²) >= 11 is 0. The van der Waals surface area contributed by atoms with E-state index in [4.69, 9.17) is 14.2 Å². The highest BCUT2D eigenvalue weighted by Gasteiger charge is 2.35. The Morgan fingerprint density at radius 2 is 1.62 bits per heavy atom. The van der Waals surface area contributed by atoms with E-state index in [-0.39, 0.29) is 47.8 Å². The molecule has 0 radical (unpaired) electrons. The number of rotatable bonds is 11. The van der Waals surface area contributed by atoms with Crippen LogP contribution in [0.15, 0.2) is 41.1 Å². The lowest BCUT2D eigenvalue weighted by Crippen LogP contribution is -2.47. The molecule has 1 aromatic carbocycles. The molecule has 1 aliphatic rings. The number of halogens is 1. The first kappa shape index (κ1) is 32.8. The maximum atomic E-state index is 13.2. The van der Waals surface area contributed by atoms with Crippen molar-refractivity contribution >= 4 is 21.7 Å². The van der Waals surface area contributed by atoms with E-state index >= 15 is 0 Å². The third kappa shape index (κ3) is 10.9. The first-order chi connectivity index (χ1) is 17.9. The third-order valence-electron chi connectivity index (χ3n) is 6.42. The fourth-order valence-electron chi connectivity index (χ4n) is 4.07. The molecule has 8 nitrogen and oxygen atoms in total. The zero-order valence-electron chi connectivity index (χ0n) is 24.3. The molecule has 0 unspecified atom stereocenters. The number of carbonyl (C=O) groups excluding carboxylic acids is 2. The van der Waals surface area contributed by atoms with Gasteiger partial charge in [0.15, 0.2) is 5.94 Å². The van der Waals surface area contributed by atoms with Gasteiger partial charge >= 0.3 is 5.97 Å². The van der Waals surface area contributed by atoms with Crippen LogP contribution in [0.3, 0.4) is 0 Å². The highest BCUT2D eigenvalue weighted by Crippen LogP contribution is 2.33. The lowest BCUT2D eigenvalue weighted by molar-refractivity contribution is -0.154. The van der Waals surface area contributed by atoms with Gasteiger partial charge in [0.25, 0.3) is 0 Å². The number of ether oxygens (including phenoxy) is 3. The van der Waals surface area contributed by atoms with Crippen molar-refractivity contribution in [2.24, 2.45) is 10.8 Å². The maximum Gasteiger partial charge on any atom is 0.306 e. The summed E-state index contributed by atoms with van der Waals surface area (Å²) in [4.78, 5) is 26.3. The number of carbonyl (C=O) groups is 2. The summed E-state index contributed by atoms with van der Waals surface area (Å²) in [6.07, 6.45) is 2.08. The second kappa shape index (κ2) is 13.3. The number of nitrogens with zero attached hydrogens (tertiary/aromatic N) is 1. The molecule has 0 saturated carbocycles. The maximum absolute atomic E-state index is 13.2. The van der Waals surface area contributed by atoms with Crippen LogP contribution in [-0.4, -0.2) is 63.0 Å². The van der Waals surface area contributed by atoms with Gasteiger partial charge in [0.2, 0.25) is 15.7 Å². The number of hydrogen-bond acceptors (Lipinski definition) is 7. The molecule has 220 valence electrons. The molecule has 0 aliphatic carbocycles. The van der Waals surface area contributed by atoms with Crippen molar-refractivity contribution < 1.29 is 36.6 Å². The minimum Gasteiger partial charge on any atom is -0.489 e. The van der Waals surface area contributed by atoms with Crippen LogP contribution in [0.4, 0.5) is 4.39 Å². The SMILES string of the molecule is CC1(COCS(=O)(=O)c2ccc(OC/C(=C/F)CCC(=O)OC(C)(C)C)cc2)CCN(C(=O)C(C)(C)C)CC1. The van der Waals surface area contributed by atoms with E-state index in [9.17, 15) is 22.4 Å². The molecule has 10 heteroatoms. The first-order valence-corrected chi connectivity index (χ1v) is 14.9. The largest absolute Gasteiger partial charge is 0.489 e. The van der Waals surface area contributed by atoms with Gasteiger partial charge in [-0.3, -0.25) is 9.59 Å². The summed E-state index contributed by atoms with van der Waals surface area (Å²) in [5.41, 5.74) is -0.947. The van der Waals surface area contributed by atoms with Gasteiger partial charge < -0.3 is 19.1 Å². The van der Waals surface area contributed by atoms with Crippen molar-refractivity contribution in [2.75, 3.05) is 32.2 Å². The number of benzene rings is 1. The molecule has 0 aromatic heterocycles. The molecule has 0 atom stereocenters. The average Bonchev–Trinajstić information content (AvgIpc) is 2.82. The molecule has 2 rings (SSSR count). The number of likely N-dealkylation sites (tertiary alicyclic amines) is 1. The standard InChI is InChI=1S/C29H44FNO7S/c1-27(2,3)26(33)31-16-14-29(7,15-17-31)20-36-21-39(34,35)24-11-9-23(10-12-24)37-19-22(18-30)8-13-25(32)38-28(4,5)6/h9-12,18H,8,13-17,19-21H2,1-7H3/b22-18+. The molecule has 1 aliphatic heterocycles. The summed E-state index contributed by atoms with van der Waals surface area (Å²) in [6, 6.07) is 5.84. The lowest BCUT2D eigenvalue weighted by Gasteiger charge is -2.41. The first-order valence-electron chi connectivity index (χ1n) is 13.3. The van der Waals surface area contributed by atoms with Crippen molar-refractivity contribution in [3.63, 3.8) is 0 Å². The number of esters is 1. The van der Waals surface area contributed by atoms with E-state index in [1.807, 2.05) is 25.7 Å². The Bertz CT molecular complexity index is 1110. The molecule has 39 heavy (non-hydrogen) atoms. The van der Waals surface area contributed by atoms with E-state index in [0.717, 1.165) is 12.8 Å². The van der Waals surface area contributed by atoms with Gasteiger partial charge in [0.1, 0.15) is 18.0 Å². The summed E-state index contributed by atoms with van der Waals surface area (Å²) in [7, 11) is -3.68. The van der Waals surface area contributed by atoms with Gasteiger partial charge in [-0.15, -0.1) is 0 Å². The second-order valence-corrected chi connectivity index (χ2v) is 14.5. The van der Waals surface area contributed by atoms with E-state index < -0.39 is 32.8 Å². The molecule has 1 aromatic rings. The normalized spacial score (nSPS) is 16.6. The van der Waals surface area contributed by atoms with Crippen LogP contribution < -0.4 is 4.74 Å². The van der Waals surface area contributed by atoms with E-state index in [1.165, 1.54) is 24.3 Å². The van der Waals surface area contributed by atoms with Crippen LogP contribution in [0, 0.1) is 10.8 Å². The van der Waals surface area contributed by atoms with Gasteiger partial charge in [-0.05, 0) is 75.3 Å². The highest BCUT2D eigenvalue weighted by molar-refractivity contribution is 7.91. The van der Waals surface area contributed by atoms with Crippen LogP contribution in [0.5, 0.6) is 5.75 Å². The molecule has 0 N–H and O–H groups in total. The van der Waals surface area contributed by atoms with Crippen LogP contribution in [0.2, 0.25) is 0 Å². The van der Waals surface area contributed by atoms with E-state index in [1.54, 1.807) is 20.8 Å². The van der Waals surface area contributed by atoms with Crippen molar-refractivity contribution in [1.29, 1.82) is 0 Å². The van der Waals surface area contributed by atoms with Crippen LogP contribution in [-0.2, 0) is 28.9 Å². The van der Waals surface area contributed by atoms with Gasteiger partial charge in [-0.1, -0.05) is 27.7 Å². The van der Waals surface area contributed by atoms with Crippen molar-refractivity contribution in [3.8, 4) is 5.75 Å². The summed E-state index contributed by atoms with van der Waals surface area (Å²) in [5.74, 6) is -0.380. The van der Waals surface area contributed by atoms with Gasteiger partial charge in [-0.25, -0.2) is 12.8 Å². The number of hydrogen-bond donors (Lipinski definition) is 0. The fourth-order valence-corrected chi connectivity index (χ4v) is 5.06. The monoisotopic (exact) mass is 569 g/mol. The number of sulfone groups is 1. The molecule has 0 bridgehead atoms. The van der Waals surface area contributed by atoms with Crippen LogP contribution in [0.25, 0.3) is 0 Å². The predicted molar refractivity (Wildman–Crippen MR) is 148 cm³/mol. The molecular formula is C29H44FNO7S. The molecule has 1 heterocycles. The fraction of sp³-hybridized carbons (Fsp3) is 0.655. The average molecular weight is 570 g/mol. The van der Waals surface area contributed by atoms with Crippen molar-refractivity contribution in [2.45, 2.75) is 84.6 Å². The topological polar surface area (TPSA) is 99.2 Å². The number of amides is 1. The summed E-state index contributed by atoms with van der Waals surface area (Å²) in [5, 5.41) is 0. The molecular weight excluding hydrogens is 525 g/mol. The Balaban J connectivity index is 1.81. The Hall–Kier alpha value is -2.46. The Morgan fingerprint density at radius 1 is 1.03 bits per heavy atom. The van der Waals surface area contributed by atoms with E-state index in [0.29, 0.717) is 25.2 Å². The van der Waals surface area contributed by atoms with Gasteiger partial charge in [0, 0.05) is 24.9 Å². The van der Waals surface area contributed by atoms with Gasteiger partial charge in [0.05, 0.1) is 17.8 Å². The second-order valence-electron chi connectivity index (χ2n) is 12.5. The minimum atomic E-state index is -3.68. The Morgan fingerprint density at radius 3 is 2.13 bits per heavy atom. The quantitative estimate of drug-likeness (QED) is 0.326. The smallest absolute Gasteiger partial charge is 0.306 e. The molecule has 0 spiro atoms. The van der Waals surface area contributed by atoms with Gasteiger partial charge in [-0.2, -0.15) is 0 Å². The Kier molecular flexibility index (Phi) is 11.1. The predicted octanol–water partition coefficient (Wildman–Crippen LogP) is 5.46. The summed E-state index contributed by atoms with van der Waals surface area (Å²) in [6.45, 7) is 14.5. The molecule has 1 saturated heterocycles. The lowest BCUT2D eigenvalue weighted by atomic mass is 9.80. The third-order valence-corrected chi connectivity index (χ3v) is 7.89. The highest BCUT2D eigenvalue weighted by atomic mass is 32.2.